The van der Waals surface area contributed by atoms with E-state index >= 15 is 0 Å². The molecule has 4 aromatic rings. The molecule has 6 rings (SSSR count). The molecule has 0 unspecified atom stereocenters. The number of amides is 2. The summed E-state index contributed by atoms with van der Waals surface area (Å²) >= 11 is 0. The second-order valence-corrected chi connectivity index (χ2v) is 11.3. The molecule has 1 atom stereocenters. The molecule has 218 valence electrons. The third-order valence-electron chi connectivity index (χ3n) is 8.41. The highest BCUT2D eigenvalue weighted by atomic mass is 19.4. The van der Waals surface area contributed by atoms with Gasteiger partial charge in [0.2, 0.25) is 5.91 Å². The summed E-state index contributed by atoms with van der Waals surface area (Å²) < 4.78 is 41.0. The van der Waals surface area contributed by atoms with Gasteiger partial charge in [-0.15, -0.1) is 0 Å². The van der Waals surface area contributed by atoms with Crippen LogP contribution in [0.4, 0.5) is 24.8 Å². The number of likely N-dealkylation sites (tertiary alicyclic amines) is 1. The van der Waals surface area contributed by atoms with E-state index in [-0.39, 0.29) is 28.6 Å². The minimum atomic E-state index is -4.55. The lowest BCUT2D eigenvalue weighted by Crippen LogP contribution is -2.49. The summed E-state index contributed by atoms with van der Waals surface area (Å²) in [6.07, 6.45) is 4.58. The first kappa shape index (κ1) is 27.7. The predicted octanol–water partition coefficient (Wildman–Crippen LogP) is 5.54. The Hall–Kier alpha value is -4.48. The maximum Gasteiger partial charge on any atom is 0.416 e. The first-order valence-corrected chi connectivity index (χ1v) is 13.9. The Morgan fingerprint density at radius 1 is 1.07 bits per heavy atom. The van der Waals surface area contributed by atoms with Gasteiger partial charge in [0.25, 0.3) is 5.91 Å². The van der Waals surface area contributed by atoms with E-state index in [1.165, 1.54) is 0 Å². The predicted molar refractivity (Wildman–Crippen MR) is 151 cm³/mol. The van der Waals surface area contributed by atoms with Crippen LogP contribution in [0.5, 0.6) is 0 Å². The number of benzene rings is 1. The number of piperidine rings is 1. The van der Waals surface area contributed by atoms with Crippen molar-refractivity contribution in [3.05, 3.63) is 71.9 Å². The molecule has 0 spiro atoms. The Kier molecular flexibility index (Phi) is 6.86. The molecule has 2 fully saturated rings. The topological polar surface area (TPSA) is 119 Å². The summed E-state index contributed by atoms with van der Waals surface area (Å²) in [6, 6.07) is 8.17. The Bertz CT molecular complexity index is 1660. The quantitative estimate of drug-likeness (QED) is 0.322. The highest BCUT2D eigenvalue weighted by molar-refractivity contribution is 6.04. The second-order valence-electron chi connectivity index (χ2n) is 11.3. The average molecular weight is 578 g/mol. The number of halogens is 3. The molecule has 1 saturated heterocycles. The number of hydrogen-bond donors (Lipinski definition) is 2. The molecule has 1 aliphatic carbocycles. The number of rotatable bonds is 5. The standard InChI is InChI=1S/C30H30F3N7O2/c1-29(10-3-11-29)28(42)39-14-2-4-20(17-39)26-38-23(24-25(34)36-13-15-40(24)26)18-5-7-19(8-6-18)27(41)37-22-16-21(9-12-35-22)30(31,32)33/h5-9,12-13,15-16,20H,2-4,10-11,14,17H2,1H3,(H2,34,36)(H,35,37,41)/t20-/m1/s1. The SMILES string of the molecule is CC1(C(=O)N2CCC[C@@H](c3nc(-c4ccc(C(=O)Nc5cc(C(F)(F)F)ccn5)cc4)c4c(N)nccn34)C2)CCC1. The van der Waals surface area contributed by atoms with E-state index in [1.54, 1.807) is 30.5 Å². The molecule has 0 radical (unpaired) electrons. The zero-order valence-corrected chi connectivity index (χ0v) is 23.0. The van der Waals surface area contributed by atoms with Crippen molar-refractivity contribution >= 4 is 29.0 Å². The fourth-order valence-corrected chi connectivity index (χ4v) is 5.89. The van der Waals surface area contributed by atoms with Gasteiger partial charge in [-0.05, 0) is 49.9 Å². The molecular formula is C30H30F3N7O2. The van der Waals surface area contributed by atoms with Crippen molar-refractivity contribution < 1.29 is 22.8 Å². The van der Waals surface area contributed by atoms with Gasteiger partial charge in [-0.1, -0.05) is 25.5 Å². The van der Waals surface area contributed by atoms with Gasteiger partial charge < -0.3 is 16.0 Å². The van der Waals surface area contributed by atoms with Crippen LogP contribution in [0.2, 0.25) is 0 Å². The third kappa shape index (κ3) is 5.05. The first-order valence-electron chi connectivity index (χ1n) is 13.9. The van der Waals surface area contributed by atoms with Crippen molar-refractivity contribution in [2.75, 3.05) is 24.1 Å². The number of pyridine rings is 1. The minimum Gasteiger partial charge on any atom is -0.382 e. The number of nitrogens with one attached hydrogen (secondary N) is 1. The summed E-state index contributed by atoms with van der Waals surface area (Å²) in [4.78, 5) is 41.1. The van der Waals surface area contributed by atoms with Crippen molar-refractivity contribution in [2.45, 2.75) is 51.1 Å². The molecule has 4 heterocycles. The highest BCUT2D eigenvalue weighted by Gasteiger charge is 2.43. The molecule has 9 nitrogen and oxygen atoms in total. The third-order valence-corrected chi connectivity index (χ3v) is 8.41. The number of carbonyl (C=O) groups is 2. The van der Waals surface area contributed by atoms with E-state index in [4.69, 9.17) is 10.7 Å². The number of aromatic nitrogens is 4. The van der Waals surface area contributed by atoms with Crippen molar-refractivity contribution in [2.24, 2.45) is 5.41 Å². The molecule has 2 aliphatic rings. The minimum absolute atomic E-state index is 0.0134. The van der Waals surface area contributed by atoms with Crippen molar-refractivity contribution in [3.63, 3.8) is 0 Å². The zero-order chi connectivity index (χ0) is 29.6. The van der Waals surface area contributed by atoms with E-state index in [1.807, 2.05) is 15.5 Å². The van der Waals surface area contributed by atoms with Crippen LogP contribution in [0, 0.1) is 5.41 Å². The smallest absolute Gasteiger partial charge is 0.382 e. The Morgan fingerprint density at radius 3 is 2.52 bits per heavy atom. The number of carbonyl (C=O) groups excluding carboxylic acids is 2. The van der Waals surface area contributed by atoms with Crippen LogP contribution in [0.25, 0.3) is 16.8 Å². The van der Waals surface area contributed by atoms with E-state index in [9.17, 15) is 22.8 Å². The van der Waals surface area contributed by atoms with Gasteiger partial charge in [0.05, 0.1) is 5.56 Å². The fraction of sp³-hybridized carbons (Fsp3) is 0.367. The second kappa shape index (κ2) is 10.4. The molecule has 3 aromatic heterocycles. The molecule has 1 aliphatic heterocycles. The molecule has 2 amide bonds. The lowest BCUT2D eigenvalue weighted by Gasteiger charge is -2.43. The molecule has 42 heavy (non-hydrogen) atoms. The van der Waals surface area contributed by atoms with E-state index in [0.29, 0.717) is 29.1 Å². The number of nitrogen functional groups attached to an aromatic ring is 1. The normalized spacial score (nSPS) is 18.5. The van der Waals surface area contributed by atoms with Gasteiger partial charge in [-0.3, -0.25) is 14.0 Å². The van der Waals surface area contributed by atoms with Crippen LogP contribution in [-0.4, -0.2) is 49.2 Å². The summed E-state index contributed by atoms with van der Waals surface area (Å²) in [5.74, 6) is 0.525. The molecular weight excluding hydrogens is 547 g/mol. The molecule has 1 saturated carbocycles. The van der Waals surface area contributed by atoms with E-state index in [2.05, 4.69) is 22.2 Å². The average Bonchev–Trinajstić information content (AvgIpc) is 3.36. The van der Waals surface area contributed by atoms with E-state index in [0.717, 1.165) is 62.8 Å². The van der Waals surface area contributed by atoms with Gasteiger partial charge in [-0.2, -0.15) is 13.2 Å². The number of imidazole rings is 1. The maximum absolute atomic E-state index is 13.3. The fourth-order valence-electron chi connectivity index (χ4n) is 5.89. The number of nitrogens with two attached hydrogens (primary N) is 1. The van der Waals surface area contributed by atoms with Crippen molar-refractivity contribution in [1.29, 1.82) is 0 Å². The lowest BCUT2D eigenvalue weighted by molar-refractivity contribution is -0.147. The summed E-state index contributed by atoms with van der Waals surface area (Å²) in [5.41, 5.74) is 7.30. The van der Waals surface area contributed by atoms with Gasteiger partial charge in [0.1, 0.15) is 28.7 Å². The maximum atomic E-state index is 13.3. The number of nitrogens with zero attached hydrogens (tertiary/aromatic N) is 5. The summed E-state index contributed by atoms with van der Waals surface area (Å²) in [6.45, 7) is 3.38. The van der Waals surface area contributed by atoms with Crippen LogP contribution < -0.4 is 11.1 Å². The molecule has 12 heteroatoms. The van der Waals surface area contributed by atoms with Gasteiger partial charge in [0, 0.05) is 54.1 Å². The molecule has 1 aromatic carbocycles. The first-order chi connectivity index (χ1) is 20.0. The Morgan fingerprint density at radius 2 is 1.83 bits per heavy atom. The van der Waals surface area contributed by atoms with Crippen LogP contribution in [0.15, 0.2) is 55.0 Å². The largest absolute Gasteiger partial charge is 0.416 e. The van der Waals surface area contributed by atoms with Crippen LogP contribution in [0.1, 0.15) is 66.7 Å². The summed E-state index contributed by atoms with van der Waals surface area (Å²) in [7, 11) is 0. The Balaban J connectivity index is 1.26. The Labute approximate surface area is 240 Å². The highest BCUT2D eigenvalue weighted by Crippen LogP contribution is 2.43. The number of hydrogen-bond acceptors (Lipinski definition) is 6. The van der Waals surface area contributed by atoms with Gasteiger partial charge >= 0.3 is 6.18 Å². The van der Waals surface area contributed by atoms with Gasteiger partial charge in [-0.25, -0.2) is 15.0 Å². The lowest BCUT2D eigenvalue weighted by atomic mass is 9.69. The molecule has 3 N–H and O–H groups in total. The van der Waals surface area contributed by atoms with Crippen LogP contribution in [-0.2, 0) is 11.0 Å². The van der Waals surface area contributed by atoms with Crippen LogP contribution >= 0.6 is 0 Å². The van der Waals surface area contributed by atoms with Crippen molar-refractivity contribution in [1.82, 2.24) is 24.3 Å². The number of alkyl halides is 3. The monoisotopic (exact) mass is 577 g/mol. The van der Waals surface area contributed by atoms with Gasteiger partial charge in [0.15, 0.2) is 0 Å². The summed E-state index contributed by atoms with van der Waals surface area (Å²) in [5, 5.41) is 2.42. The molecule has 0 bridgehead atoms. The number of fused-ring (bicyclic) bond motifs is 1. The number of anilines is 2. The van der Waals surface area contributed by atoms with Crippen LogP contribution in [0.3, 0.4) is 0 Å². The van der Waals surface area contributed by atoms with Crippen molar-refractivity contribution in [3.8, 4) is 11.3 Å². The van der Waals surface area contributed by atoms with E-state index < -0.39 is 17.6 Å². The zero-order valence-electron chi connectivity index (χ0n) is 23.0.